The van der Waals surface area contributed by atoms with E-state index in [0.29, 0.717) is 19.0 Å². The molecule has 90 valence electrons. The second kappa shape index (κ2) is 5.01. The second-order valence-electron chi connectivity index (χ2n) is 4.60. The molecule has 1 heterocycles. The normalized spacial score (nSPS) is 11.2. The fraction of sp³-hybridized carbons (Fsp3) is 0.636. The average molecular weight is 227 g/mol. The van der Waals surface area contributed by atoms with Crippen LogP contribution in [0.3, 0.4) is 0 Å². The molecule has 1 aromatic heterocycles. The van der Waals surface area contributed by atoms with Crippen LogP contribution in [0.15, 0.2) is 10.8 Å². The largest absolute Gasteiger partial charge is 0.487 e. The SMILES string of the molecule is CCOC(=O)c1nocc1OCC(C)(C)C. The number of nitrogens with zero attached hydrogens (tertiary/aromatic N) is 1. The zero-order chi connectivity index (χ0) is 12.2. The van der Waals surface area contributed by atoms with Gasteiger partial charge in [0.25, 0.3) is 0 Å². The number of rotatable bonds is 4. The molecule has 5 heteroatoms. The molecule has 5 nitrogen and oxygen atoms in total. The lowest BCUT2D eigenvalue weighted by atomic mass is 9.99. The molecule has 0 radical (unpaired) electrons. The minimum Gasteiger partial charge on any atom is -0.487 e. The van der Waals surface area contributed by atoms with Crippen LogP contribution in [0.2, 0.25) is 0 Å². The summed E-state index contributed by atoms with van der Waals surface area (Å²) >= 11 is 0. The number of hydrogen-bond donors (Lipinski definition) is 0. The highest BCUT2D eigenvalue weighted by molar-refractivity contribution is 5.89. The summed E-state index contributed by atoms with van der Waals surface area (Å²) in [6, 6.07) is 0. The van der Waals surface area contributed by atoms with Crippen LogP contribution in [-0.4, -0.2) is 24.3 Å². The number of hydrogen-bond acceptors (Lipinski definition) is 5. The molecule has 0 aliphatic heterocycles. The van der Waals surface area contributed by atoms with Gasteiger partial charge in [-0.3, -0.25) is 0 Å². The summed E-state index contributed by atoms with van der Waals surface area (Å²) in [5.41, 5.74) is 0.0922. The van der Waals surface area contributed by atoms with E-state index >= 15 is 0 Å². The monoisotopic (exact) mass is 227 g/mol. The highest BCUT2D eigenvalue weighted by Gasteiger charge is 2.21. The van der Waals surface area contributed by atoms with Crippen molar-refractivity contribution in [3.8, 4) is 5.75 Å². The molecule has 0 aliphatic rings. The van der Waals surface area contributed by atoms with Crippen molar-refractivity contribution in [2.75, 3.05) is 13.2 Å². The summed E-state index contributed by atoms with van der Waals surface area (Å²) < 4.78 is 15.0. The predicted octanol–water partition coefficient (Wildman–Crippen LogP) is 2.28. The Morgan fingerprint density at radius 3 is 2.75 bits per heavy atom. The van der Waals surface area contributed by atoms with Crippen molar-refractivity contribution in [1.29, 1.82) is 0 Å². The van der Waals surface area contributed by atoms with Gasteiger partial charge in [-0.1, -0.05) is 25.9 Å². The van der Waals surface area contributed by atoms with Gasteiger partial charge in [-0.2, -0.15) is 0 Å². The van der Waals surface area contributed by atoms with E-state index in [1.807, 2.05) is 20.8 Å². The van der Waals surface area contributed by atoms with Gasteiger partial charge >= 0.3 is 5.97 Å². The van der Waals surface area contributed by atoms with Crippen LogP contribution in [0.25, 0.3) is 0 Å². The van der Waals surface area contributed by atoms with Crippen LogP contribution >= 0.6 is 0 Å². The molecule has 0 N–H and O–H groups in total. The van der Waals surface area contributed by atoms with Gasteiger partial charge in [0.1, 0.15) is 0 Å². The predicted molar refractivity (Wildman–Crippen MR) is 57.4 cm³/mol. The number of ether oxygens (including phenoxy) is 2. The summed E-state index contributed by atoms with van der Waals surface area (Å²) in [6.07, 6.45) is 1.30. The standard InChI is InChI=1S/C11H17NO4/c1-5-14-10(13)9-8(6-16-12-9)15-7-11(2,3)4/h6H,5,7H2,1-4H3. The van der Waals surface area contributed by atoms with E-state index in [-0.39, 0.29) is 11.1 Å². The summed E-state index contributed by atoms with van der Waals surface area (Å²) in [7, 11) is 0. The van der Waals surface area contributed by atoms with Gasteiger partial charge in [-0.25, -0.2) is 4.79 Å². The topological polar surface area (TPSA) is 61.6 Å². The summed E-state index contributed by atoms with van der Waals surface area (Å²) in [5, 5.41) is 3.56. The second-order valence-corrected chi connectivity index (χ2v) is 4.60. The Morgan fingerprint density at radius 2 is 2.19 bits per heavy atom. The molecule has 0 saturated heterocycles. The molecule has 1 rings (SSSR count). The molecule has 0 atom stereocenters. The van der Waals surface area contributed by atoms with Crippen LogP contribution < -0.4 is 4.74 Å². The van der Waals surface area contributed by atoms with Crippen molar-refractivity contribution in [1.82, 2.24) is 5.16 Å². The van der Waals surface area contributed by atoms with Gasteiger partial charge in [0.15, 0.2) is 12.0 Å². The van der Waals surface area contributed by atoms with E-state index < -0.39 is 5.97 Å². The molecule has 0 aliphatic carbocycles. The lowest BCUT2D eigenvalue weighted by Gasteiger charge is -2.17. The zero-order valence-corrected chi connectivity index (χ0v) is 10.1. The van der Waals surface area contributed by atoms with E-state index in [0.717, 1.165) is 0 Å². The van der Waals surface area contributed by atoms with Crippen molar-refractivity contribution >= 4 is 5.97 Å². The average Bonchev–Trinajstić information content (AvgIpc) is 2.61. The first-order chi connectivity index (χ1) is 7.44. The Morgan fingerprint density at radius 1 is 1.50 bits per heavy atom. The summed E-state index contributed by atoms with van der Waals surface area (Å²) in [6.45, 7) is 8.60. The van der Waals surface area contributed by atoms with Gasteiger partial charge in [-0.05, 0) is 12.3 Å². The van der Waals surface area contributed by atoms with Gasteiger partial charge in [-0.15, -0.1) is 0 Å². The van der Waals surface area contributed by atoms with Crippen molar-refractivity contribution in [3.05, 3.63) is 12.0 Å². The molecule has 16 heavy (non-hydrogen) atoms. The van der Waals surface area contributed by atoms with Crippen LogP contribution in [-0.2, 0) is 4.74 Å². The molecular weight excluding hydrogens is 210 g/mol. The minimum absolute atomic E-state index is 0.00318. The van der Waals surface area contributed by atoms with Gasteiger partial charge in [0.2, 0.25) is 5.69 Å². The van der Waals surface area contributed by atoms with Crippen LogP contribution in [0, 0.1) is 5.41 Å². The first-order valence-electron chi connectivity index (χ1n) is 5.18. The van der Waals surface area contributed by atoms with E-state index in [1.165, 1.54) is 6.26 Å². The summed E-state index contributed by atoms with van der Waals surface area (Å²) in [5.74, 6) is -0.200. The molecule has 0 bridgehead atoms. The third kappa shape index (κ3) is 3.56. The third-order valence-corrected chi connectivity index (χ3v) is 1.67. The molecule has 0 fully saturated rings. The lowest BCUT2D eigenvalue weighted by molar-refractivity contribution is 0.0508. The van der Waals surface area contributed by atoms with E-state index in [1.54, 1.807) is 6.92 Å². The van der Waals surface area contributed by atoms with Gasteiger partial charge in [0.05, 0.1) is 13.2 Å². The Bertz CT molecular complexity index is 351. The minimum atomic E-state index is -0.528. The molecule has 0 aromatic carbocycles. The summed E-state index contributed by atoms with van der Waals surface area (Å²) in [4.78, 5) is 11.4. The highest BCUT2D eigenvalue weighted by Crippen LogP contribution is 2.21. The maximum Gasteiger partial charge on any atom is 0.364 e. The Labute approximate surface area is 94.7 Å². The first kappa shape index (κ1) is 12.5. The van der Waals surface area contributed by atoms with Crippen LogP contribution in [0.1, 0.15) is 38.2 Å². The lowest BCUT2D eigenvalue weighted by Crippen LogP contribution is -2.18. The van der Waals surface area contributed by atoms with Gasteiger partial charge in [0, 0.05) is 0 Å². The number of carbonyl (C=O) groups is 1. The Balaban J connectivity index is 2.67. The molecule has 0 spiro atoms. The van der Waals surface area contributed by atoms with Gasteiger partial charge < -0.3 is 14.0 Å². The maximum absolute atomic E-state index is 11.4. The zero-order valence-electron chi connectivity index (χ0n) is 10.1. The Kier molecular flexibility index (Phi) is 3.93. The van der Waals surface area contributed by atoms with E-state index in [2.05, 4.69) is 5.16 Å². The number of carbonyl (C=O) groups excluding carboxylic acids is 1. The van der Waals surface area contributed by atoms with E-state index in [4.69, 9.17) is 14.0 Å². The maximum atomic E-state index is 11.4. The van der Waals surface area contributed by atoms with Crippen molar-refractivity contribution < 1.29 is 18.8 Å². The molecule has 1 aromatic rings. The smallest absolute Gasteiger partial charge is 0.364 e. The quantitative estimate of drug-likeness (QED) is 0.738. The first-order valence-corrected chi connectivity index (χ1v) is 5.18. The van der Waals surface area contributed by atoms with E-state index in [9.17, 15) is 4.79 Å². The fourth-order valence-corrected chi connectivity index (χ4v) is 0.962. The Hall–Kier alpha value is -1.52. The van der Waals surface area contributed by atoms with Crippen molar-refractivity contribution in [2.24, 2.45) is 5.41 Å². The fourth-order valence-electron chi connectivity index (χ4n) is 0.962. The molecule has 0 saturated carbocycles. The highest BCUT2D eigenvalue weighted by atomic mass is 16.5. The van der Waals surface area contributed by atoms with Crippen molar-refractivity contribution in [3.63, 3.8) is 0 Å². The van der Waals surface area contributed by atoms with Crippen LogP contribution in [0.4, 0.5) is 0 Å². The molecule has 0 amide bonds. The van der Waals surface area contributed by atoms with Crippen LogP contribution in [0.5, 0.6) is 5.75 Å². The molecular formula is C11H17NO4. The number of esters is 1. The third-order valence-electron chi connectivity index (χ3n) is 1.67. The molecule has 0 unspecified atom stereocenters. The number of aromatic nitrogens is 1. The van der Waals surface area contributed by atoms with Crippen molar-refractivity contribution in [2.45, 2.75) is 27.7 Å².